The van der Waals surface area contributed by atoms with Crippen molar-refractivity contribution in [3.05, 3.63) is 41.1 Å². The number of nitrogens with zero attached hydrogens (tertiary/aromatic N) is 1. The molecule has 0 spiro atoms. The third kappa shape index (κ3) is 3.31. The number of rotatable bonds is 4. The first-order valence-corrected chi connectivity index (χ1v) is 7.96. The number of benzene rings is 1. The molecule has 0 atom stereocenters. The highest BCUT2D eigenvalue weighted by molar-refractivity contribution is 7.91. The van der Waals surface area contributed by atoms with E-state index in [0.717, 1.165) is 22.5 Å². The van der Waals surface area contributed by atoms with Crippen molar-refractivity contribution in [3.63, 3.8) is 0 Å². The molecule has 19 heavy (non-hydrogen) atoms. The highest BCUT2D eigenvalue weighted by atomic mass is 32.2. The summed E-state index contributed by atoms with van der Waals surface area (Å²) in [5.41, 5.74) is 7.99. The highest BCUT2D eigenvalue weighted by Crippen LogP contribution is 2.24. The minimum absolute atomic E-state index is 0.178. The van der Waals surface area contributed by atoms with Crippen LogP contribution in [0.1, 0.15) is 16.8 Å². The van der Waals surface area contributed by atoms with Crippen LogP contribution >= 0.6 is 11.3 Å². The Balaban J connectivity index is 2.14. The summed E-state index contributed by atoms with van der Waals surface area (Å²) in [7, 11) is -3.55. The molecule has 1 heterocycles. The van der Waals surface area contributed by atoms with Gasteiger partial charge in [-0.25, -0.2) is 18.1 Å². The van der Waals surface area contributed by atoms with Crippen molar-refractivity contribution in [3.8, 4) is 0 Å². The van der Waals surface area contributed by atoms with Gasteiger partial charge in [0.05, 0.1) is 5.69 Å². The Bertz CT molecular complexity index is 676. The molecule has 0 unspecified atom stereocenters. The lowest BCUT2D eigenvalue weighted by molar-refractivity contribution is 0.582. The number of aromatic nitrogens is 1. The maximum Gasteiger partial charge on any atom is 0.252 e. The lowest BCUT2D eigenvalue weighted by atomic mass is 10.2. The number of sulfonamides is 1. The number of hydrogen-bond acceptors (Lipinski definition) is 5. The first kappa shape index (κ1) is 14.0. The van der Waals surface area contributed by atoms with Gasteiger partial charge in [0.25, 0.3) is 10.0 Å². The van der Waals surface area contributed by atoms with E-state index in [1.165, 1.54) is 0 Å². The Morgan fingerprint density at radius 3 is 2.42 bits per heavy atom. The third-order valence-corrected chi connectivity index (χ3v) is 5.60. The molecule has 5 nitrogen and oxygen atoms in total. The summed E-state index contributed by atoms with van der Waals surface area (Å²) in [6.45, 7) is 3.87. The Hall–Kier alpha value is -1.44. The first-order chi connectivity index (χ1) is 8.88. The number of nitrogen functional groups attached to an aromatic ring is 1. The van der Waals surface area contributed by atoms with E-state index in [2.05, 4.69) is 9.71 Å². The molecule has 0 aliphatic rings. The zero-order valence-corrected chi connectivity index (χ0v) is 12.3. The van der Waals surface area contributed by atoms with Crippen LogP contribution in [-0.2, 0) is 16.6 Å². The highest BCUT2D eigenvalue weighted by Gasteiger charge is 2.20. The van der Waals surface area contributed by atoms with Gasteiger partial charge >= 0.3 is 0 Å². The smallest absolute Gasteiger partial charge is 0.252 e. The molecule has 0 bridgehead atoms. The van der Waals surface area contributed by atoms with Gasteiger partial charge in [-0.05, 0) is 19.4 Å². The molecule has 0 radical (unpaired) electrons. The second-order valence-corrected chi connectivity index (χ2v) is 7.23. The van der Waals surface area contributed by atoms with Crippen LogP contribution in [0.5, 0.6) is 0 Å². The van der Waals surface area contributed by atoms with E-state index in [1.807, 2.05) is 31.2 Å². The summed E-state index contributed by atoms with van der Waals surface area (Å²) in [4.78, 5) is 3.92. The van der Waals surface area contributed by atoms with E-state index in [0.29, 0.717) is 5.69 Å². The van der Waals surface area contributed by atoms with Gasteiger partial charge in [0, 0.05) is 6.54 Å². The van der Waals surface area contributed by atoms with Crippen LogP contribution in [0.3, 0.4) is 0 Å². The van der Waals surface area contributed by atoms with Gasteiger partial charge in [-0.15, -0.1) is 0 Å². The summed E-state index contributed by atoms with van der Waals surface area (Å²) in [6, 6.07) is 7.68. The van der Waals surface area contributed by atoms with Crippen LogP contribution in [0.15, 0.2) is 28.5 Å². The molecule has 7 heteroatoms. The molecule has 3 N–H and O–H groups in total. The average molecular weight is 297 g/mol. The normalized spacial score (nSPS) is 11.7. The predicted molar refractivity (Wildman–Crippen MR) is 76.5 cm³/mol. The molecule has 1 aromatic carbocycles. The molecule has 2 aromatic rings. The number of aryl methyl sites for hydroxylation is 2. The summed E-state index contributed by atoms with van der Waals surface area (Å²) >= 11 is 0.975. The summed E-state index contributed by atoms with van der Waals surface area (Å²) < 4.78 is 27.0. The van der Waals surface area contributed by atoms with Crippen molar-refractivity contribution in [1.29, 1.82) is 0 Å². The SMILES string of the molecule is Cc1ccc(CNS(=O)(=O)c2sc(N)nc2C)cc1. The molecule has 0 saturated heterocycles. The van der Waals surface area contributed by atoms with E-state index in [1.54, 1.807) is 6.92 Å². The Kier molecular flexibility index (Phi) is 3.88. The van der Waals surface area contributed by atoms with Crippen molar-refractivity contribution in [2.24, 2.45) is 0 Å². The quantitative estimate of drug-likeness (QED) is 0.901. The topological polar surface area (TPSA) is 85.1 Å². The van der Waals surface area contributed by atoms with Crippen LogP contribution in [0.2, 0.25) is 0 Å². The van der Waals surface area contributed by atoms with Crippen LogP contribution in [-0.4, -0.2) is 13.4 Å². The number of nitrogens with two attached hydrogens (primary N) is 1. The van der Waals surface area contributed by atoms with Gasteiger partial charge in [-0.3, -0.25) is 0 Å². The van der Waals surface area contributed by atoms with E-state index in [-0.39, 0.29) is 15.9 Å². The third-order valence-electron chi connectivity index (χ3n) is 2.60. The molecule has 0 amide bonds. The van der Waals surface area contributed by atoms with Gasteiger partial charge in [0.1, 0.15) is 0 Å². The molecule has 102 valence electrons. The molecule has 1 aromatic heterocycles. The van der Waals surface area contributed by atoms with E-state index >= 15 is 0 Å². The Morgan fingerprint density at radius 2 is 1.89 bits per heavy atom. The first-order valence-electron chi connectivity index (χ1n) is 5.66. The standard InChI is InChI=1S/C12H15N3O2S2/c1-8-3-5-10(6-4-8)7-14-19(16,17)11-9(2)15-12(13)18-11/h3-6,14H,7H2,1-2H3,(H2,13,15). The maximum atomic E-state index is 12.1. The van der Waals surface area contributed by atoms with Crippen LogP contribution < -0.4 is 10.5 Å². The average Bonchev–Trinajstić information content (AvgIpc) is 2.69. The lowest BCUT2D eigenvalue weighted by Gasteiger charge is -2.05. The lowest BCUT2D eigenvalue weighted by Crippen LogP contribution is -2.23. The fourth-order valence-corrected chi connectivity index (χ4v) is 3.96. The molecule has 0 fully saturated rings. The van der Waals surface area contributed by atoms with E-state index < -0.39 is 10.0 Å². The number of nitrogens with one attached hydrogen (secondary N) is 1. The van der Waals surface area contributed by atoms with Crippen molar-refractivity contribution in [2.45, 2.75) is 24.6 Å². The monoisotopic (exact) mass is 297 g/mol. The number of thiazole rings is 1. The maximum absolute atomic E-state index is 12.1. The number of hydrogen-bond donors (Lipinski definition) is 2. The van der Waals surface area contributed by atoms with Crippen LogP contribution in [0, 0.1) is 13.8 Å². The zero-order chi connectivity index (χ0) is 14.0. The van der Waals surface area contributed by atoms with E-state index in [9.17, 15) is 8.42 Å². The molecular formula is C12H15N3O2S2. The molecule has 0 saturated carbocycles. The van der Waals surface area contributed by atoms with Crippen molar-refractivity contribution in [1.82, 2.24) is 9.71 Å². The summed E-state index contributed by atoms with van der Waals surface area (Å²) in [5, 5.41) is 0.258. The molecule has 2 rings (SSSR count). The van der Waals surface area contributed by atoms with Gasteiger partial charge < -0.3 is 5.73 Å². The zero-order valence-electron chi connectivity index (χ0n) is 10.7. The van der Waals surface area contributed by atoms with Crippen molar-refractivity contribution >= 4 is 26.5 Å². The van der Waals surface area contributed by atoms with Gasteiger partial charge in [0.2, 0.25) is 0 Å². The second kappa shape index (κ2) is 5.28. The summed E-state index contributed by atoms with van der Waals surface area (Å²) in [6.07, 6.45) is 0. The fourth-order valence-electron chi connectivity index (χ4n) is 1.60. The Labute approximate surface area is 116 Å². The van der Waals surface area contributed by atoms with Gasteiger partial charge in [-0.2, -0.15) is 0 Å². The Morgan fingerprint density at radius 1 is 1.26 bits per heavy atom. The van der Waals surface area contributed by atoms with Crippen molar-refractivity contribution < 1.29 is 8.42 Å². The van der Waals surface area contributed by atoms with E-state index in [4.69, 9.17) is 5.73 Å². The number of anilines is 1. The summed E-state index contributed by atoms with van der Waals surface area (Å²) in [5.74, 6) is 0. The molecular weight excluding hydrogens is 282 g/mol. The predicted octanol–water partition coefficient (Wildman–Crippen LogP) is 1.82. The minimum Gasteiger partial charge on any atom is -0.375 e. The van der Waals surface area contributed by atoms with Gasteiger partial charge in [-0.1, -0.05) is 41.2 Å². The molecule has 0 aliphatic carbocycles. The minimum atomic E-state index is -3.55. The second-order valence-electron chi connectivity index (χ2n) is 4.24. The largest absolute Gasteiger partial charge is 0.375 e. The molecule has 0 aliphatic heterocycles. The van der Waals surface area contributed by atoms with Crippen LogP contribution in [0.25, 0.3) is 0 Å². The van der Waals surface area contributed by atoms with Gasteiger partial charge in [0.15, 0.2) is 9.34 Å². The van der Waals surface area contributed by atoms with Crippen molar-refractivity contribution in [2.75, 3.05) is 5.73 Å². The fraction of sp³-hybridized carbons (Fsp3) is 0.250. The van der Waals surface area contributed by atoms with Crippen LogP contribution in [0.4, 0.5) is 5.13 Å².